The van der Waals surface area contributed by atoms with Gasteiger partial charge in [-0.1, -0.05) is 25.5 Å². The number of fused-ring (bicyclic) bond motifs is 1. The molecule has 0 radical (unpaired) electrons. The molecule has 9 nitrogen and oxygen atoms in total. The van der Waals surface area contributed by atoms with Gasteiger partial charge in [-0.3, -0.25) is 15.2 Å². The van der Waals surface area contributed by atoms with Crippen LogP contribution >= 0.6 is 0 Å². The standard InChI is InChI=1S/C21H19N5O4/c1-3-5-14-19-18(13(10-22)20(23)30-21(19)25-24-14)17-9-8-16(29-17)12-6-4-7-15(11(12)2)26(27)28/h4,6-9,18H,3,5,23H2,1-2H3,(H,24,25)/t18-/m1/s1. The average molecular weight is 405 g/mol. The van der Waals surface area contributed by atoms with Gasteiger partial charge in [0.15, 0.2) is 0 Å². The first kappa shape index (κ1) is 19.3. The number of aryl methyl sites for hydroxylation is 1. The smallest absolute Gasteiger partial charge is 0.273 e. The molecule has 1 atom stereocenters. The monoisotopic (exact) mass is 405 g/mol. The lowest BCUT2D eigenvalue weighted by Crippen LogP contribution is -2.21. The van der Waals surface area contributed by atoms with Gasteiger partial charge in [-0.15, -0.1) is 5.10 Å². The van der Waals surface area contributed by atoms with Crippen molar-refractivity contribution in [3.8, 4) is 23.3 Å². The van der Waals surface area contributed by atoms with Crippen LogP contribution in [0.25, 0.3) is 11.3 Å². The topological polar surface area (TPSA) is 144 Å². The Morgan fingerprint density at radius 2 is 2.17 bits per heavy atom. The molecule has 152 valence electrons. The van der Waals surface area contributed by atoms with Crippen molar-refractivity contribution in [1.82, 2.24) is 10.2 Å². The van der Waals surface area contributed by atoms with Crippen LogP contribution in [-0.2, 0) is 6.42 Å². The van der Waals surface area contributed by atoms with Crippen molar-refractivity contribution in [1.29, 1.82) is 5.26 Å². The highest BCUT2D eigenvalue weighted by molar-refractivity contribution is 5.68. The maximum atomic E-state index is 11.3. The van der Waals surface area contributed by atoms with E-state index >= 15 is 0 Å². The Hall–Kier alpha value is -4.06. The highest BCUT2D eigenvalue weighted by Crippen LogP contribution is 2.44. The lowest BCUT2D eigenvalue weighted by atomic mass is 9.87. The fourth-order valence-corrected chi connectivity index (χ4v) is 3.77. The van der Waals surface area contributed by atoms with Gasteiger partial charge in [-0.2, -0.15) is 5.26 Å². The highest BCUT2D eigenvalue weighted by Gasteiger charge is 2.37. The molecule has 3 heterocycles. The molecule has 0 amide bonds. The number of nitrogens with two attached hydrogens (primary N) is 1. The summed E-state index contributed by atoms with van der Waals surface area (Å²) in [6.45, 7) is 3.72. The second-order valence-corrected chi connectivity index (χ2v) is 7.00. The van der Waals surface area contributed by atoms with Gasteiger partial charge in [0.2, 0.25) is 11.8 Å². The lowest BCUT2D eigenvalue weighted by molar-refractivity contribution is -0.385. The molecule has 3 N–H and O–H groups in total. The van der Waals surface area contributed by atoms with E-state index in [1.54, 1.807) is 31.2 Å². The van der Waals surface area contributed by atoms with Crippen LogP contribution in [-0.4, -0.2) is 15.1 Å². The summed E-state index contributed by atoms with van der Waals surface area (Å²) < 4.78 is 11.6. The first-order valence-electron chi connectivity index (χ1n) is 9.45. The van der Waals surface area contributed by atoms with Crippen LogP contribution in [0.4, 0.5) is 5.69 Å². The number of rotatable bonds is 5. The molecule has 0 saturated carbocycles. The molecule has 9 heteroatoms. The summed E-state index contributed by atoms with van der Waals surface area (Å²) in [4.78, 5) is 10.9. The van der Waals surface area contributed by atoms with Gasteiger partial charge in [-0.25, -0.2) is 0 Å². The Morgan fingerprint density at radius 3 is 2.87 bits per heavy atom. The zero-order valence-corrected chi connectivity index (χ0v) is 16.4. The summed E-state index contributed by atoms with van der Waals surface area (Å²) in [5.74, 6) is 0.680. The summed E-state index contributed by atoms with van der Waals surface area (Å²) in [5.41, 5.74) is 8.91. The third-order valence-corrected chi connectivity index (χ3v) is 5.20. The van der Waals surface area contributed by atoms with E-state index in [9.17, 15) is 15.4 Å². The molecule has 1 aliphatic heterocycles. The van der Waals surface area contributed by atoms with Gasteiger partial charge in [0.25, 0.3) is 5.69 Å². The first-order valence-corrected chi connectivity index (χ1v) is 9.45. The fraction of sp³-hybridized carbons (Fsp3) is 0.238. The summed E-state index contributed by atoms with van der Waals surface area (Å²) in [6, 6.07) is 10.4. The van der Waals surface area contributed by atoms with Gasteiger partial charge in [0, 0.05) is 22.9 Å². The molecule has 0 saturated heterocycles. The van der Waals surface area contributed by atoms with Crippen LogP contribution in [0, 0.1) is 28.4 Å². The van der Waals surface area contributed by atoms with Gasteiger partial charge >= 0.3 is 0 Å². The number of hydrogen-bond acceptors (Lipinski definition) is 7. The fourth-order valence-electron chi connectivity index (χ4n) is 3.77. The summed E-state index contributed by atoms with van der Waals surface area (Å²) in [6.07, 6.45) is 1.59. The highest BCUT2D eigenvalue weighted by atomic mass is 16.6. The minimum Gasteiger partial charge on any atom is -0.460 e. The molecule has 0 spiro atoms. The number of allylic oxidation sites excluding steroid dienone is 1. The van der Waals surface area contributed by atoms with E-state index in [1.165, 1.54) is 6.07 Å². The maximum Gasteiger partial charge on any atom is 0.273 e. The molecule has 0 fully saturated rings. The summed E-state index contributed by atoms with van der Waals surface area (Å²) >= 11 is 0. The number of ether oxygens (including phenoxy) is 1. The van der Waals surface area contributed by atoms with Crippen molar-refractivity contribution in [2.45, 2.75) is 32.6 Å². The largest absolute Gasteiger partial charge is 0.460 e. The van der Waals surface area contributed by atoms with Crippen LogP contribution in [0.2, 0.25) is 0 Å². The van der Waals surface area contributed by atoms with Gasteiger partial charge in [-0.05, 0) is 25.5 Å². The van der Waals surface area contributed by atoms with E-state index in [-0.39, 0.29) is 17.1 Å². The van der Waals surface area contributed by atoms with Crippen molar-refractivity contribution >= 4 is 5.69 Å². The van der Waals surface area contributed by atoms with Crippen LogP contribution < -0.4 is 10.5 Å². The number of benzene rings is 1. The molecule has 0 aliphatic carbocycles. The Bertz CT molecular complexity index is 1210. The summed E-state index contributed by atoms with van der Waals surface area (Å²) in [7, 11) is 0. The molecule has 3 aromatic rings. The van der Waals surface area contributed by atoms with E-state index < -0.39 is 10.8 Å². The predicted octanol–water partition coefficient (Wildman–Crippen LogP) is 4.06. The zero-order chi connectivity index (χ0) is 21.4. The Kier molecular flexibility index (Phi) is 4.75. The van der Waals surface area contributed by atoms with Crippen molar-refractivity contribution in [2.24, 2.45) is 5.73 Å². The van der Waals surface area contributed by atoms with Gasteiger partial charge < -0.3 is 14.9 Å². The van der Waals surface area contributed by atoms with E-state index in [2.05, 4.69) is 16.3 Å². The third-order valence-electron chi connectivity index (χ3n) is 5.20. The van der Waals surface area contributed by atoms with Crippen LogP contribution in [0.5, 0.6) is 5.88 Å². The Labute approximate surface area is 171 Å². The number of nitriles is 1. The molecule has 1 aromatic carbocycles. The van der Waals surface area contributed by atoms with Crippen molar-refractivity contribution < 1.29 is 14.1 Å². The quantitative estimate of drug-likeness (QED) is 0.481. The molecule has 4 rings (SSSR count). The zero-order valence-electron chi connectivity index (χ0n) is 16.4. The molecule has 2 aromatic heterocycles. The molecule has 0 bridgehead atoms. The lowest BCUT2D eigenvalue weighted by Gasteiger charge is -2.22. The van der Waals surface area contributed by atoms with E-state index in [0.29, 0.717) is 28.5 Å². The van der Waals surface area contributed by atoms with Crippen molar-refractivity contribution in [2.75, 3.05) is 0 Å². The number of aromatic nitrogens is 2. The van der Waals surface area contributed by atoms with Crippen molar-refractivity contribution in [3.63, 3.8) is 0 Å². The van der Waals surface area contributed by atoms with Crippen LogP contribution in [0.1, 0.15) is 41.8 Å². The molecule has 1 aliphatic rings. The SMILES string of the molecule is CCCc1[nH]nc2c1[C@@H](c1ccc(-c3cccc([N+](=O)[O-])c3C)o1)C(C#N)=C(N)O2. The number of aromatic amines is 1. The van der Waals surface area contributed by atoms with Gasteiger partial charge in [0.05, 0.1) is 16.4 Å². The molecular formula is C21H19N5O4. The third kappa shape index (κ3) is 2.99. The maximum absolute atomic E-state index is 11.3. The summed E-state index contributed by atoms with van der Waals surface area (Å²) in [5, 5.41) is 28.2. The normalized spacial score (nSPS) is 15.4. The van der Waals surface area contributed by atoms with E-state index in [4.69, 9.17) is 14.9 Å². The number of hydrogen-bond donors (Lipinski definition) is 2. The van der Waals surface area contributed by atoms with Gasteiger partial charge in [0.1, 0.15) is 23.2 Å². The van der Waals surface area contributed by atoms with Crippen molar-refractivity contribution in [3.05, 3.63) is 74.5 Å². The molecule has 30 heavy (non-hydrogen) atoms. The minimum atomic E-state index is -0.577. The minimum absolute atomic E-state index is 0.0146. The molecule has 0 unspecified atom stereocenters. The number of furan rings is 1. The Morgan fingerprint density at radius 1 is 1.37 bits per heavy atom. The number of nitrogens with zero attached hydrogens (tertiary/aromatic N) is 3. The van der Waals surface area contributed by atoms with Crippen LogP contribution in [0.3, 0.4) is 0 Å². The first-order chi connectivity index (χ1) is 14.5. The second kappa shape index (κ2) is 7.40. The number of H-pyrrole nitrogens is 1. The number of nitro groups is 1. The molecular weight excluding hydrogens is 386 g/mol. The van der Waals surface area contributed by atoms with E-state index in [0.717, 1.165) is 24.1 Å². The average Bonchev–Trinajstić information content (AvgIpc) is 3.35. The Balaban J connectivity index is 1.84. The van der Waals surface area contributed by atoms with E-state index in [1.807, 2.05) is 6.92 Å². The van der Waals surface area contributed by atoms with Crippen LogP contribution in [0.15, 0.2) is 46.2 Å². The number of nitrogens with one attached hydrogen (secondary N) is 1. The predicted molar refractivity (Wildman–Crippen MR) is 107 cm³/mol. The second-order valence-electron chi connectivity index (χ2n) is 7.00. The number of nitro benzene ring substituents is 1.